The highest BCUT2D eigenvalue weighted by Gasteiger charge is 2.35. The molecule has 0 saturated carbocycles. The molecule has 1 fully saturated rings. The lowest BCUT2D eigenvalue weighted by atomic mass is 9.99. The number of hydrogen-bond acceptors (Lipinski definition) is 4. The molecule has 1 amide bonds. The fourth-order valence-corrected chi connectivity index (χ4v) is 3.35. The van der Waals surface area contributed by atoms with E-state index in [0.29, 0.717) is 13.1 Å². The zero-order valence-electron chi connectivity index (χ0n) is 14.3. The number of aromatic nitrogens is 2. The van der Waals surface area contributed by atoms with Crippen molar-refractivity contribution in [1.29, 1.82) is 0 Å². The number of carbonyl (C=O) groups excluding carboxylic acids is 1. The van der Waals surface area contributed by atoms with Gasteiger partial charge < -0.3 is 14.7 Å². The van der Waals surface area contributed by atoms with E-state index < -0.39 is 11.7 Å². The zero-order chi connectivity index (χ0) is 17.2. The molecule has 1 N–H and O–H groups in total. The number of hydrogen-bond donors (Lipinski definition) is 1. The van der Waals surface area contributed by atoms with Crippen LogP contribution >= 0.6 is 15.9 Å². The van der Waals surface area contributed by atoms with Gasteiger partial charge in [-0.2, -0.15) is 5.10 Å². The van der Waals surface area contributed by atoms with Gasteiger partial charge in [0.1, 0.15) is 11.7 Å². The quantitative estimate of drug-likeness (QED) is 0.859. The zero-order valence-corrected chi connectivity index (χ0v) is 15.8. The Morgan fingerprint density at radius 3 is 2.87 bits per heavy atom. The molecule has 1 aromatic rings. The van der Waals surface area contributed by atoms with Crippen molar-refractivity contribution in [2.45, 2.75) is 58.8 Å². The second-order valence-corrected chi connectivity index (χ2v) is 7.88. The second kappa shape index (κ2) is 7.21. The van der Waals surface area contributed by atoms with Crippen molar-refractivity contribution in [2.75, 3.05) is 13.1 Å². The van der Waals surface area contributed by atoms with E-state index in [4.69, 9.17) is 4.74 Å². The molecule has 130 valence electrons. The summed E-state index contributed by atoms with van der Waals surface area (Å²) in [5, 5.41) is 15.1. The first kappa shape index (κ1) is 18.3. The molecule has 1 aliphatic rings. The summed E-state index contributed by atoms with van der Waals surface area (Å²) in [4.78, 5) is 13.8. The van der Waals surface area contributed by atoms with Gasteiger partial charge in [0.2, 0.25) is 0 Å². The normalized spacial score (nSPS) is 19.9. The fraction of sp³-hybridized carbons (Fsp3) is 0.750. The summed E-state index contributed by atoms with van der Waals surface area (Å²) in [5.74, 6) is -0.00822. The van der Waals surface area contributed by atoms with Gasteiger partial charge >= 0.3 is 6.09 Å². The molecular weight excluding hydrogens is 362 g/mol. The second-order valence-electron chi connectivity index (χ2n) is 7.02. The summed E-state index contributed by atoms with van der Waals surface area (Å²) in [7, 11) is 0. The first-order valence-electron chi connectivity index (χ1n) is 8.10. The van der Waals surface area contributed by atoms with Crippen LogP contribution in [0.4, 0.5) is 4.79 Å². The van der Waals surface area contributed by atoms with Gasteiger partial charge in [0, 0.05) is 25.6 Å². The van der Waals surface area contributed by atoms with Crippen LogP contribution in [-0.4, -0.2) is 44.6 Å². The van der Waals surface area contributed by atoms with Crippen LogP contribution in [0.2, 0.25) is 0 Å². The van der Waals surface area contributed by atoms with E-state index in [0.717, 1.165) is 29.6 Å². The van der Waals surface area contributed by atoms with Gasteiger partial charge in [0.15, 0.2) is 0 Å². The standard InChI is InChI=1S/C16H26BrN3O3/c1-5-7-20-13(12(17)9-18-20)14(21)11-6-8-19(10-11)15(22)23-16(2,3)4/h9,11,14,21H,5-8,10H2,1-4H3. The van der Waals surface area contributed by atoms with Crippen molar-refractivity contribution in [3.8, 4) is 0 Å². The Balaban J connectivity index is 2.04. The van der Waals surface area contributed by atoms with E-state index in [2.05, 4.69) is 28.0 Å². The topological polar surface area (TPSA) is 67.6 Å². The molecule has 1 aliphatic heterocycles. The number of likely N-dealkylation sites (tertiary alicyclic amines) is 1. The number of amides is 1. The van der Waals surface area contributed by atoms with Crippen molar-refractivity contribution < 1.29 is 14.6 Å². The number of ether oxygens (including phenoxy) is 1. The van der Waals surface area contributed by atoms with Gasteiger partial charge in [-0.1, -0.05) is 6.92 Å². The van der Waals surface area contributed by atoms with Crippen LogP contribution < -0.4 is 0 Å². The van der Waals surface area contributed by atoms with Crippen LogP contribution in [0.3, 0.4) is 0 Å². The van der Waals surface area contributed by atoms with Crippen molar-refractivity contribution in [2.24, 2.45) is 5.92 Å². The van der Waals surface area contributed by atoms with Crippen LogP contribution in [0.1, 0.15) is 52.3 Å². The molecule has 1 aromatic heterocycles. The van der Waals surface area contributed by atoms with Gasteiger partial charge in [-0.3, -0.25) is 4.68 Å². The lowest BCUT2D eigenvalue weighted by Crippen LogP contribution is -2.35. The molecule has 23 heavy (non-hydrogen) atoms. The molecule has 6 nitrogen and oxygen atoms in total. The average molecular weight is 388 g/mol. The van der Waals surface area contributed by atoms with E-state index in [1.165, 1.54) is 0 Å². The van der Waals surface area contributed by atoms with Crippen LogP contribution in [0.25, 0.3) is 0 Å². The lowest BCUT2D eigenvalue weighted by Gasteiger charge is -2.25. The Kier molecular flexibility index (Phi) is 5.73. The van der Waals surface area contributed by atoms with E-state index in [9.17, 15) is 9.90 Å². The highest BCUT2D eigenvalue weighted by Crippen LogP contribution is 2.34. The third-order valence-electron chi connectivity index (χ3n) is 3.87. The van der Waals surface area contributed by atoms with E-state index in [-0.39, 0.29) is 12.0 Å². The van der Waals surface area contributed by atoms with Crippen LogP contribution in [-0.2, 0) is 11.3 Å². The first-order chi connectivity index (χ1) is 10.7. The number of aryl methyl sites for hydroxylation is 1. The Morgan fingerprint density at radius 2 is 2.26 bits per heavy atom. The summed E-state index contributed by atoms with van der Waals surface area (Å²) in [5.41, 5.74) is 0.291. The van der Waals surface area contributed by atoms with Crippen molar-refractivity contribution in [3.63, 3.8) is 0 Å². The number of rotatable bonds is 4. The number of aliphatic hydroxyl groups is 1. The maximum absolute atomic E-state index is 12.1. The third kappa shape index (κ3) is 4.47. The molecule has 0 aliphatic carbocycles. The van der Waals surface area contributed by atoms with Crippen LogP contribution in [0.5, 0.6) is 0 Å². The fourth-order valence-electron chi connectivity index (χ4n) is 2.82. The summed E-state index contributed by atoms with van der Waals surface area (Å²) in [6, 6.07) is 0. The molecule has 0 aromatic carbocycles. The molecule has 1 saturated heterocycles. The predicted octanol–water partition coefficient (Wildman–Crippen LogP) is 3.35. The first-order valence-corrected chi connectivity index (χ1v) is 8.89. The minimum absolute atomic E-state index is 0.00822. The summed E-state index contributed by atoms with van der Waals surface area (Å²) in [6.45, 7) is 9.51. The molecule has 0 spiro atoms. The Morgan fingerprint density at radius 1 is 1.57 bits per heavy atom. The van der Waals surface area contributed by atoms with Crippen molar-refractivity contribution in [3.05, 3.63) is 16.4 Å². The maximum Gasteiger partial charge on any atom is 0.410 e. The Labute approximate surface area is 145 Å². The SMILES string of the molecule is CCCn1ncc(Br)c1C(O)C1CCN(C(=O)OC(C)(C)C)C1. The van der Waals surface area contributed by atoms with E-state index in [1.807, 2.05) is 25.5 Å². The monoisotopic (exact) mass is 387 g/mol. The average Bonchev–Trinajstić information content (AvgIpc) is 3.04. The largest absolute Gasteiger partial charge is 0.444 e. The van der Waals surface area contributed by atoms with Crippen molar-refractivity contribution in [1.82, 2.24) is 14.7 Å². The lowest BCUT2D eigenvalue weighted by molar-refractivity contribution is 0.0265. The predicted molar refractivity (Wildman–Crippen MR) is 91.1 cm³/mol. The molecule has 2 unspecified atom stereocenters. The van der Waals surface area contributed by atoms with Crippen molar-refractivity contribution >= 4 is 22.0 Å². The van der Waals surface area contributed by atoms with Gasteiger partial charge in [-0.05, 0) is 49.5 Å². The Hall–Kier alpha value is -1.08. The van der Waals surface area contributed by atoms with Gasteiger partial charge in [-0.25, -0.2) is 4.79 Å². The maximum atomic E-state index is 12.1. The highest BCUT2D eigenvalue weighted by atomic mass is 79.9. The van der Waals surface area contributed by atoms with Gasteiger partial charge in [0.25, 0.3) is 0 Å². The Bertz CT molecular complexity index is 553. The molecule has 0 radical (unpaired) electrons. The molecule has 2 atom stereocenters. The van der Waals surface area contributed by atoms with Gasteiger partial charge in [-0.15, -0.1) is 0 Å². The molecule has 0 bridgehead atoms. The molecule has 2 rings (SSSR count). The summed E-state index contributed by atoms with van der Waals surface area (Å²) in [6.07, 6.45) is 2.46. The minimum Gasteiger partial charge on any atom is -0.444 e. The smallest absolute Gasteiger partial charge is 0.410 e. The highest BCUT2D eigenvalue weighted by molar-refractivity contribution is 9.10. The summed E-state index contributed by atoms with van der Waals surface area (Å²) < 4.78 is 8.06. The molecular formula is C16H26BrN3O3. The number of carbonyl (C=O) groups is 1. The van der Waals surface area contributed by atoms with E-state index in [1.54, 1.807) is 11.1 Å². The number of halogens is 1. The van der Waals surface area contributed by atoms with Crippen LogP contribution in [0.15, 0.2) is 10.7 Å². The summed E-state index contributed by atoms with van der Waals surface area (Å²) >= 11 is 3.47. The number of aliphatic hydroxyl groups excluding tert-OH is 1. The van der Waals surface area contributed by atoms with Gasteiger partial charge in [0.05, 0.1) is 16.4 Å². The minimum atomic E-state index is -0.647. The van der Waals surface area contributed by atoms with E-state index >= 15 is 0 Å². The van der Waals surface area contributed by atoms with Crippen LogP contribution in [0, 0.1) is 5.92 Å². The number of nitrogens with zero attached hydrogens (tertiary/aromatic N) is 3. The molecule has 7 heteroatoms. The third-order valence-corrected chi connectivity index (χ3v) is 4.48. The molecule has 2 heterocycles.